The molecule has 0 aromatic rings. The Morgan fingerprint density at radius 2 is 1.94 bits per heavy atom. The molecule has 2 saturated heterocycles. The molecule has 2 N–H and O–H groups in total. The van der Waals surface area contributed by atoms with Gasteiger partial charge in [-0.2, -0.15) is 8.78 Å². The first-order chi connectivity index (χ1) is 8.52. The van der Waals surface area contributed by atoms with E-state index >= 15 is 0 Å². The molecule has 0 spiro atoms. The molecule has 0 aromatic heterocycles. The van der Waals surface area contributed by atoms with Crippen molar-refractivity contribution in [1.29, 1.82) is 0 Å². The van der Waals surface area contributed by atoms with E-state index in [1.165, 1.54) is 0 Å². The fourth-order valence-corrected chi connectivity index (χ4v) is 7.70. The highest BCUT2D eigenvalue weighted by Crippen LogP contribution is 2.91. The molecule has 5 aliphatic carbocycles. The number of carbonyl (C=O) groups excluding carboxylic acids is 1. The largest absolute Gasteiger partial charge is 0.364 e. The van der Waals surface area contributed by atoms with Gasteiger partial charge in [0.25, 0.3) is 5.91 Å². The van der Waals surface area contributed by atoms with Crippen LogP contribution >= 0.6 is 0 Å². The Balaban J connectivity index is 1.65. The van der Waals surface area contributed by atoms with Gasteiger partial charge in [0.1, 0.15) is 5.60 Å². The normalized spacial score (nSPS) is 71.6. The number of ether oxygens (including phenoxy) is 1. The predicted octanol–water partition coefficient (Wildman–Crippen LogP) is 0.632. The number of carbonyl (C=O) groups is 1. The standard InChI is InChI=1S/C13H13F2NO2/c14-13(15,11(16)17)12-8-3-1-2-4-5(3)9(12)7(4)10(18-12)6(2)8/h2-10H,1H2,(H2,16,17)/t2-,3-,4+,5+,6+,7+,8+,9+,10-,12-/m0/s1. The molecule has 7 fully saturated rings. The van der Waals surface area contributed by atoms with Crippen LogP contribution in [0.3, 0.4) is 0 Å². The lowest BCUT2D eigenvalue weighted by molar-refractivity contribution is -0.206. The Morgan fingerprint density at radius 3 is 2.67 bits per heavy atom. The Bertz CT molecular complexity index is 527. The highest BCUT2D eigenvalue weighted by Gasteiger charge is 2.97. The highest BCUT2D eigenvalue weighted by atomic mass is 19.3. The van der Waals surface area contributed by atoms with Crippen molar-refractivity contribution in [1.82, 2.24) is 0 Å². The first-order valence-corrected chi connectivity index (χ1v) is 6.87. The quantitative estimate of drug-likeness (QED) is 0.785. The number of nitrogens with two attached hydrogens (primary N) is 1. The van der Waals surface area contributed by atoms with E-state index < -0.39 is 17.4 Å². The molecule has 96 valence electrons. The average Bonchev–Trinajstić information content (AvgIpc) is 2.86. The third-order valence-corrected chi connectivity index (χ3v) is 7.50. The number of hydrogen-bond donors (Lipinski definition) is 1. The monoisotopic (exact) mass is 253 g/mol. The molecule has 7 aliphatic rings. The molecule has 2 aliphatic heterocycles. The molecule has 1 amide bonds. The van der Waals surface area contributed by atoms with E-state index in [1.807, 2.05) is 0 Å². The van der Waals surface area contributed by atoms with Crippen molar-refractivity contribution in [3.8, 4) is 0 Å². The smallest absolute Gasteiger partial charge is 0.353 e. The van der Waals surface area contributed by atoms with Crippen molar-refractivity contribution in [2.75, 3.05) is 0 Å². The zero-order chi connectivity index (χ0) is 12.2. The summed E-state index contributed by atoms with van der Waals surface area (Å²) >= 11 is 0. The van der Waals surface area contributed by atoms with Gasteiger partial charge < -0.3 is 10.5 Å². The molecule has 0 aromatic carbocycles. The van der Waals surface area contributed by atoms with E-state index in [0.717, 1.165) is 6.42 Å². The molecule has 5 saturated carbocycles. The summed E-state index contributed by atoms with van der Waals surface area (Å²) in [7, 11) is 0. The number of hydrogen-bond acceptors (Lipinski definition) is 2. The SMILES string of the molecule is NC(=O)C(F)(F)[C@@]12O[C@@H]3[C@@H]4[C@@H]5[C@@H]6C[C@@H]([C@H]5[C@H]41)[C@@H]2[C@@H]63. The van der Waals surface area contributed by atoms with Gasteiger partial charge in [0, 0.05) is 11.8 Å². The lowest BCUT2D eigenvalue weighted by atomic mass is 9.56. The van der Waals surface area contributed by atoms with Crippen molar-refractivity contribution in [3.63, 3.8) is 0 Å². The van der Waals surface area contributed by atoms with E-state index in [2.05, 4.69) is 0 Å². The van der Waals surface area contributed by atoms with E-state index in [0.29, 0.717) is 35.5 Å². The molecule has 3 nitrogen and oxygen atoms in total. The lowest BCUT2D eigenvalue weighted by Crippen LogP contribution is -2.62. The second-order valence-electron chi connectivity index (χ2n) is 7.24. The summed E-state index contributed by atoms with van der Waals surface area (Å²) in [6, 6.07) is 0. The van der Waals surface area contributed by atoms with Crippen molar-refractivity contribution >= 4 is 5.91 Å². The van der Waals surface area contributed by atoms with Crippen molar-refractivity contribution < 1.29 is 18.3 Å². The summed E-state index contributed by atoms with van der Waals surface area (Å²) in [6.45, 7) is 0. The number of halogens is 2. The molecular formula is C13H13F2NO2. The molecular weight excluding hydrogens is 240 g/mol. The van der Waals surface area contributed by atoms with Gasteiger partial charge in [0.15, 0.2) is 0 Å². The summed E-state index contributed by atoms with van der Waals surface area (Å²) in [5.41, 5.74) is 3.49. The predicted molar refractivity (Wildman–Crippen MR) is 54.3 cm³/mol. The minimum Gasteiger partial charge on any atom is -0.364 e. The molecule has 18 heavy (non-hydrogen) atoms. The van der Waals surface area contributed by atoms with Crippen LogP contribution in [0.4, 0.5) is 8.78 Å². The van der Waals surface area contributed by atoms with Crippen LogP contribution in [-0.2, 0) is 9.53 Å². The fourth-order valence-electron chi connectivity index (χ4n) is 7.70. The molecule has 10 atom stereocenters. The molecule has 4 bridgehead atoms. The lowest BCUT2D eigenvalue weighted by Gasteiger charge is -2.47. The van der Waals surface area contributed by atoms with Crippen LogP contribution in [-0.4, -0.2) is 23.5 Å². The molecule has 2 heterocycles. The molecule has 0 radical (unpaired) electrons. The van der Waals surface area contributed by atoms with E-state index in [4.69, 9.17) is 10.5 Å². The van der Waals surface area contributed by atoms with Gasteiger partial charge in [0.05, 0.1) is 6.10 Å². The molecule has 7 rings (SSSR count). The van der Waals surface area contributed by atoms with Gasteiger partial charge in [-0.15, -0.1) is 0 Å². The maximum Gasteiger partial charge on any atom is 0.353 e. The van der Waals surface area contributed by atoms with E-state index in [9.17, 15) is 13.6 Å². The fraction of sp³-hybridized carbons (Fsp3) is 0.923. The van der Waals surface area contributed by atoms with Gasteiger partial charge >= 0.3 is 5.92 Å². The van der Waals surface area contributed by atoms with Crippen molar-refractivity contribution in [2.45, 2.75) is 24.0 Å². The first-order valence-electron chi connectivity index (χ1n) is 6.87. The Morgan fingerprint density at radius 1 is 1.17 bits per heavy atom. The summed E-state index contributed by atoms with van der Waals surface area (Å²) in [5, 5.41) is 0. The molecule has 5 heteroatoms. The second kappa shape index (κ2) is 2.03. The van der Waals surface area contributed by atoms with Crippen LogP contribution in [0.1, 0.15) is 6.42 Å². The third-order valence-electron chi connectivity index (χ3n) is 7.50. The van der Waals surface area contributed by atoms with Crippen LogP contribution in [0, 0.1) is 47.3 Å². The summed E-state index contributed by atoms with van der Waals surface area (Å²) in [4.78, 5) is 11.3. The van der Waals surface area contributed by atoms with Crippen LogP contribution in [0.15, 0.2) is 0 Å². The number of alkyl halides is 2. The number of amides is 1. The van der Waals surface area contributed by atoms with Gasteiger partial charge in [-0.25, -0.2) is 0 Å². The number of primary amides is 1. The van der Waals surface area contributed by atoms with Gasteiger partial charge in [-0.05, 0) is 41.9 Å². The maximum absolute atomic E-state index is 14.5. The van der Waals surface area contributed by atoms with Gasteiger partial charge in [0.2, 0.25) is 0 Å². The Labute approximate surface area is 102 Å². The minimum absolute atomic E-state index is 0.0176. The minimum atomic E-state index is -3.48. The summed E-state index contributed by atoms with van der Waals surface area (Å²) in [5.74, 6) is -2.44. The zero-order valence-corrected chi connectivity index (χ0v) is 9.55. The highest BCUT2D eigenvalue weighted by molar-refractivity contribution is 5.84. The first kappa shape index (κ1) is 9.23. The Hall–Kier alpha value is -0.710. The van der Waals surface area contributed by atoms with E-state index in [1.54, 1.807) is 0 Å². The van der Waals surface area contributed by atoms with Crippen LogP contribution in [0.5, 0.6) is 0 Å². The van der Waals surface area contributed by atoms with E-state index in [-0.39, 0.29) is 17.9 Å². The number of rotatable bonds is 2. The Kier molecular flexibility index (Phi) is 1.04. The van der Waals surface area contributed by atoms with Crippen LogP contribution in [0.25, 0.3) is 0 Å². The summed E-state index contributed by atoms with van der Waals surface area (Å²) in [6.07, 6.45) is 1.12. The maximum atomic E-state index is 14.5. The topological polar surface area (TPSA) is 52.3 Å². The van der Waals surface area contributed by atoms with Gasteiger partial charge in [-0.3, -0.25) is 4.79 Å². The zero-order valence-electron chi connectivity index (χ0n) is 9.55. The van der Waals surface area contributed by atoms with Crippen molar-refractivity contribution in [2.24, 2.45) is 53.1 Å². The van der Waals surface area contributed by atoms with Crippen molar-refractivity contribution in [3.05, 3.63) is 0 Å². The second-order valence-corrected chi connectivity index (χ2v) is 7.24. The van der Waals surface area contributed by atoms with Gasteiger partial charge in [-0.1, -0.05) is 0 Å². The third kappa shape index (κ3) is 0.497. The molecule has 0 unspecified atom stereocenters. The summed E-state index contributed by atoms with van der Waals surface area (Å²) < 4.78 is 34.7. The van der Waals surface area contributed by atoms with Crippen LogP contribution in [0.2, 0.25) is 0 Å². The van der Waals surface area contributed by atoms with Crippen LogP contribution < -0.4 is 5.73 Å². The average molecular weight is 253 g/mol.